The van der Waals surface area contributed by atoms with Crippen LogP contribution in [0.5, 0.6) is 0 Å². The van der Waals surface area contributed by atoms with E-state index in [0.717, 1.165) is 13.0 Å². The van der Waals surface area contributed by atoms with Gasteiger partial charge in [0.05, 0.1) is 5.56 Å². The third-order valence-electron chi connectivity index (χ3n) is 2.58. The largest absolute Gasteiger partial charge is 0.352 e. The Morgan fingerprint density at radius 2 is 2.32 bits per heavy atom. The van der Waals surface area contributed by atoms with Gasteiger partial charge >= 0.3 is 0 Å². The molecular formula is C13H13BrClN3O. The van der Waals surface area contributed by atoms with Crippen molar-refractivity contribution in [1.29, 1.82) is 0 Å². The Morgan fingerprint density at radius 3 is 3.00 bits per heavy atom. The first-order valence-electron chi connectivity index (χ1n) is 5.87. The van der Waals surface area contributed by atoms with Gasteiger partial charge in [-0.3, -0.25) is 9.48 Å². The van der Waals surface area contributed by atoms with Gasteiger partial charge in [0, 0.05) is 35.0 Å². The summed E-state index contributed by atoms with van der Waals surface area (Å²) in [5.41, 5.74) is 0.587. The zero-order chi connectivity index (χ0) is 13.7. The van der Waals surface area contributed by atoms with Crippen molar-refractivity contribution in [2.24, 2.45) is 0 Å². The van der Waals surface area contributed by atoms with Crippen LogP contribution < -0.4 is 5.32 Å². The van der Waals surface area contributed by atoms with Crippen molar-refractivity contribution in [3.8, 4) is 0 Å². The van der Waals surface area contributed by atoms with Crippen molar-refractivity contribution in [2.45, 2.75) is 13.0 Å². The third-order valence-corrected chi connectivity index (χ3v) is 3.48. The molecule has 0 fully saturated rings. The van der Waals surface area contributed by atoms with Crippen LogP contribution in [0.25, 0.3) is 0 Å². The summed E-state index contributed by atoms with van der Waals surface area (Å²) in [6.45, 7) is 1.39. The number of rotatable bonds is 5. The maximum absolute atomic E-state index is 11.9. The summed E-state index contributed by atoms with van der Waals surface area (Å²) in [5.74, 6) is -0.107. The molecule has 0 aliphatic carbocycles. The molecule has 6 heteroatoms. The first-order valence-corrected chi connectivity index (χ1v) is 7.04. The number of nitrogens with zero attached hydrogens (tertiary/aromatic N) is 2. The topological polar surface area (TPSA) is 46.9 Å². The van der Waals surface area contributed by atoms with Crippen LogP contribution in [-0.2, 0) is 6.54 Å². The summed E-state index contributed by atoms with van der Waals surface area (Å²) < 4.78 is 2.54. The van der Waals surface area contributed by atoms with E-state index in [1.807, 2.05) is 16.9 Å². The number of aryl methyl sites for hydroxylation is 1. The molecule has 0 aliphatic rings. The highest BCUT2D eigenvalue weighted by Gasteiger charge is 2.09. The number of nitrogens with one attached hydrogen (secondary N) is 1. The van der Waals surface area contributed by atoms with Gasteiger partial charge in [0.1, 0.15) is 0 Å². The van der Waals surface area contributed by atoms with E-state index in [1.165, 1.54) is 0 Å². The number of aromatic nitrogens is 2. The van der Waals surface area contributed by atoms with E-state index in [4.69, 9.17) is 11.6 Å². The molecule has 100 valence electrons. The van der Waals surface area contributed by atoms with E-state index < -0.39 is 0 Å². The monoisotopic (exact) mass is 341 g/mol. The second-order valence-electron chi connectivity index (χ2n) is 4.00. The second-order valence-corrected chi connectivity index (χ2v) is 5.29. The molecule has 1 aromatic carbocycles. The minimum absolute atomic E-state index is 0.107. The molecule has 2 aromatic rings. The van der Waals surface area contributed by atoms with E-state index in [0.29, 0.717) is 21.6 Å². The van der Waals surface area contributed by atoms with Gasteiger partial charge in [-0.2, -0.15) is 5.10 Å². The smallest absolute Gasteiger partial charge is 0.252 e. The van der Waals surface area contributed by atoms with Gasteiger partial charge in [-0.05, 0) is 46.6 Å². The minimum atomic E-state index is -0.107. The highest BCUT2D eigenvalue weighted by atomic mass is 79.9. The van der Waals surface area contributed by atoms with Crippen LogP contribution in [0.2, 0.25) is 5.02 Å². The molecule has 1 N–H and O–H groups in total. The Hall–Kier alpha value is -1.33. The van der Waals surface area contributed by atoms with Crippen LogP contribution in [0.3, 0.4) is 0 Å². The van der Waals surface area contributed by atoms with Crippen LogP contribution in [0.4, 0.5) is 0 Å². The molecule has 1 heterocycles. The predicted octanol–water partition coefficient (Wildman–Crippen LogP) is 3.12. The molecule has 0 unspecified atom stereocenters. The van der Waals surface area contributed by atoms with Crippen molar-refractivity contribution in [3.05, 3.63) is 51.7 Å². The zero-order valence-corrected chi connectivity index (χ0v) is 12.5. The van der Waals surface area contributed by atoms with Gasteiger partial charge in [0.15, 0.2) is 0 Å². The number of benzene rings is 1. The van der Waals surface area contributed by atoms with E-state index in [9.17, 15) is 4.79 Å². The number of hydrogen-bond acceptors (Lipinski definition) is 2. The SMILES string of the molecule is O=C(NCCCn1cccn1)c1ccc(Cl)cc1Br. The molecule has 0 aliphatic heterocycles. The van der Waals surface area contributed by atoms with Gasteiger partial charge in [0.25, 0.3) is 5.91 Å². The molecule has 1 aromatic heterocycles. The van der Waals surface area contributed by atoms with Crippen molar-refractivity contribution in [1.82, 2.24) is 15.1 Å². The fourth-order valence-electron chi connectivity index (χ4n) is 1.64. The average Bonchev–Trinajstić information content (AvgIpc) is 2.87. The maximum Gasteiger partial charge on any atom is 0.252 e. The molecule has 0 atom stereocenters. The molecule has 1 amide bonds. The lowest BCUT2D eigenvalue weighted by molar-refractivity contribution is 0.0952. The van der Waals surface area contributed by atoms with E-state index in [1.54, 1.807) is 24.4 Å². The van der Waals surface area contributed by atoms with Crippen LogP contribution in [-0.4, -0.2) is 22.2 Å². The normalized spacial score (nSPS) is 10.4. The molecule has 0 saturated carbocycles. The number of halogens is 2. The van der Waals surface area contributed by atoms with Gasteiger partial charge in [-0.25, -0.2) is 0 Å². The van der Waals surface area contributed by atoms with Crippen LogP contribution in [0.15, 0.2) is 41.1 Å². The summed E-state index contributed by atoms with van der Waals surface area (Å²) in [6, 6.07) is 6.99. The summed E-state index contributed by atoms with van der Waals surface area (Å²) in [5, 5.41) is 7.56. The average molecular weight is 343 g/mol. The van der Waals surface area contributed by atoms with Gasteiger partial charge in [-0.1, -0.05) is 11.6 Å². The maximum atomic E-state index is 11.9. The van der Waals surface area contributed by atoms with E-state index in [2.05, 4.69) is 26.3 Å². The lowest BCUT2D eigenvalue weighted by atomic mass is 10.2. The summed E-state index contributed by atoms with van der Waals surface area (Å²) in [7, 11) is 0. The van der Waals surface area contributed by atoms with Crippen molar-refractivity contribution < 1.29 is 4.79 Å². The molecule has 0 bridgehead atoms. The third kappa shape index (κ3) is 4.08. The highest BCUT2D eigenvalue weighted by Crippen LogP contribution is 2.21. The second kappa shape index (κ2) is 6.73. The fourth-order valence-corrected chi connectivity index (χ4v) is 2.51. The quantitative estimate of drug-likeness (QED) is 0.849. The van der Waals surface area contributed by atoms with Crippen LogP contribution in [0.1, 0.15) is 16.8 Å². The number of hydrogen-bond donors (Lipinski definition) is 1. The Kier molecular flexibility index (Phi) is 4.99. The standard InChI is InChI=1S/C13H13BrClN3O/c14-12-9-10(15)3-4-11(12)13(19)16-5-1-7-18-8-2-6-17-18/h2-4,6,8-9H,1,5,7H2,(H,16,19). The molecule has 0 saturated heterocycles. The Labute approximate surface area is 124 Å². The van der Waals surface area contributed by atoms with Crippen LogP contribution in [0, 0.1) is 0 Å². The highest BCUT2D eigenvalue weighted by molar-refractivity contribution is 9.10. The Morgan fingerprint density at radius 1 is 1.47 bits per heavy atom. The molecule has 19 heavy (non-hydrogen) atoms. The first kappa shape index (κ1) is 14.1. The van der Waals surface area contributed by atoms with Gasteiger partial charge in [0.2, 0.25) is 0 Å². The number of amides is 1. The summed E-state index contributed by atoms with van der Waals surface area (Å²) in [4.78, 5) is 11.9. The predicted molar refractivity (Wildman–Crippen MR) is 78.3 cm³/mol. The number of carbonyl (C=O) groups excluding carboxylic acids is 1. The van der Waals surface area contributed by atoms with Gasteiger partial charge in [-0.15, -0.1) is 0 Å². The van der Waals surface area contributed by atoms with Crippen molar-refractivity contribution >= 4 is 33.4 Å². The fraction of sp³-hybridized carbons (Fsp3) is 0.231. The lowest BCUT2D eigenvalue weighted by Crippen LogP contribution is -2.25. The lowest BCUT2D eigenvalue weighted by Gasteiger charge is -2.07. The van der Waals surface area contributed by atoms with E-state index in [-0.39, 0.29) is 5.91 Å². The molecule has 0 spiro atoms. The minimum Gasteiger partial charge on any atom is -0.352 e. The van der Waals surface area contributed by atoms with Crippen LogP contribution >= 0.6 is 27.5 Å². The first-order chi connectivity index (χ1) is 9.16. The van der Waals surface area contributed by atoms with Crippen molar-refractivity contribution in [2.75, 3.05) is 6.54 Å². The molecule has 4 nitrogen and oxygen atoms in total. The van der Waals surface area contributed by atoms with Gasteiger partial charge < -0.3 is 5.32 Å². The summed E-state index contributed by atoms with van der Waals surface area (Å²) >= 11 is 9.16. The van der Waals surface area contributed by atoms with Crippen molar-refractivity contribution in [3.63, 3.8) is 0 Å². The van der Waals surface area contributed by atoms with E-state index >= 15 is 0 Å². The molecular weight excluding hydrogens is 330 g/mol. The zero-order valence-electron chi connectivity index (χ0n) is 10.1. The Balaban J connectivity index is 1.81. The molecule has 0 radical (unpaired) electrons. The number of carbonyl (C=O) groups is 1. The molecule has 2 rings (SSSR count). The Bertz CT molecular complexity index is 557. The summed E-state index contributed by atoms with van der Waals surface area (Å²) in [6.07, 6.45) is 4.47.